The SMILES string of the molecule is Cc1cc(OCC(=O)NCC(=O)N[C@H](C(=O)O)C(C)C)c2c3c(c(=O)oc2c1)CCC3. The lowest BCUT2D eigenvalue weighted by atomic mass is 10.0. The Morgan fingerprint density at radius 3 is 2.55 bits per heavy atom. The van der Waals surface area contributed by atoms with E-state index >= 15 is 0 Å². The minimum atomic E-state index is -1.14. The second kappa shape index (κ2) is 9.20. The van der Waals surface area contributed by atoms with Crippen LogP contribution in [-0.2, 0) is 27.2 Å². The first-order chi connectivity index (χ1) is 14.7. The molecule has 166 valence electrons. The van der Waals surface area contributed by atoms with Gasteiger partial charge in [0.05, 0.1) is 11.9 Å². The second-order valence-electron chi connectivity index (χ2n) is 8.03. The van der Waals surface area contributed by atoms with Crippen LogP contribution in [0.5, 0.6) is 5.75 Å². The fourth-order valence-corrected chi connectivity index (χ4v) is 3.73. The summed E-state index contributed by atoms with van der Waals surface area (Å²) in [5.41, 5.74) is 2.46. The number of benzene rings is 1. The maximum atomic E-state index is 12.2. The van der Waals surface area contributed by atoms with Crippen LogP contribution in [0.25, 0.3) is 11.0 Å². The lowest BCUT2D eigenvalue weighted by molar-refractivity contribution is -0.143. The summed E-state index contributed by atoms with van der Waals surface area (Å²) in [5.74, 6) is -2.12. The molecule has 0 aliphatic heterocycles. The van der Waals surface area contributed by atoms with E-state index in [1.165, 1.54) is 0 Å². The predicted molar refractivity (Wildman–Crippen MR) is 112 cm³/mol. The highest BCUT2D eigenvalue weighted by molar-refractivity contribution is 5.90. The maximum absolute atomic E-state index is 12.2. The Kier molecular flexibility index (Phi) is 6.62. The molecule has 1 heterocycles. The quantitative estimate of drug-likeness (QED) is 0.538. The molecular formula is C22H26N2O7. The van der Waals surface area contributed by atoms with Crippen LogP contribution in [0.15, 0.2) is 21.3 Å². The summed E-state index contributed by atoms with van der Waals surface area (Å²) in [6, 6.07) is 2.51. The topological polar surface area (TPSA) is 135 Å². The van der Waals surface area contributed by atoms with Gasteiger partial charge in [-0.3, -0.25) is 9.59 Å². The molecule has 2 aromatic rings. The first kappa shape index (κ1) is 22.3. The van der Waals surface area contributed by atoms with Crippen LogP contribution in [0.4, 0.5) is 0 Å². The Morgan fingerprint density at radius 2 is 1.87 bits per heavy atom. The average molecular weight is 430 g/mol. The van der Waals surface area contributed by atoms with Crippen molar-refractivity contribution in [2.45, 2.75) is 46.1 Å². The molecule has 1 aromatic heterocycles. The van der Waals surface area contributed by atoms with Crippen LogP contribution in [-0.4, -0.2) is 42.1 Å². The minimum absolute atomic E-state index is 0.295. The number of fused-ring (bicyclic) bond motifs is 3. The number of nitrogens with one attached hydrogen (secondary N) is 2. The third kappa shape index (κ3) is 5.04. The molecule has 0 spiro atoms. The number of ether oxygens (including phenoxy) is 1. The first-order valence-electron chi connectivity index (χ1n) is 10.2. The van der Waals surface area contributed by atoms with Crippen LogP contribution >= 0.6 is 0 Å². The molecule has 9 heteroatoms. The summed E-state index contributed by atoms with van der Waals surface area (Å²) in [7, 11) is 0. The Balaban J connectivity index is 1.66. The number of carbonyl (C=O) groups excluding carboxylic acids is 2. The van der Waals surface area contributed by atoms with Crippen LogP contribution in [0.2, 0.25) is 0 Å². The van der Waals surface area contributed by atoms with Crippen molar-refractivity contribution in [3.8, 4) is 5.75 Å². The Labute approximate surface area is 178 Å². The van der Waals surface area contributed by atoms with Gasteiger partial charge in [-0.05, 0) is 55.4 Å². The highest BCUT2D eigenvalue weighted by Gasteiger charge is 2.24. The summed E-state index contributed by atoms with van der Waals surface area (Å²) >= 11 is 0. The zero-order valence-electron chi connectivity index (χ0n) is 17.7. The van der Waals surface area contributed by atoms with Gasteiger partial charge >= 0.3 is 11.6 Å². The fraction of sp³-hybridized carbons (Fsp3) is 0.455. The Bertz CT molecular complexity index is 1090. The average Bonchev–Trinajstić information content (AvgIpc) is 3.18. The van der Waals surface area contributed by atoms with E-state index in [0.717, 1.165) is 24.0 Å². The van der Waals surface area contributed by atoms with E-state index in [-0.39, 0.29) is 24.7 Å². The Hall–Kier alpha value is -3.36. The van der Waals surface area contributed by atoms with Crippen molar-refractivity contribution in [3.63, 3.8) is 0 Å². The first-order valence-corrected chi connectivity index (χ1v) is 10.2. The number of amides is 2. The third-order valence-electron chi connectivity index (χ3n) is 5.23. The molecule has 2 amide bonds. The maximum Gasteiger partial charge on any atom is 0.339 e. The van der Waals surface area contributed by atoms with Crippen LogP contribution in [0, 0.1) is 12.8 Å². The number of rotatable bonds is 8. The highest BCUT2D eigenvalue weighted by Crippen LogP contribution is 2.35. The van der Waals surface area contributed by atoms with Crippen LogP contribution < -0.4 is 21.0 Å². The van der Waals surface area contributed by atoms with Gasteiger partial charge < -0.3 is 24.9 Å². The molecule has 0 radical (unpaired) electrons. The molecule has 0 saturated carbocycles. The van der Waals surface area contributed by atoms with Crippen molar-refractivity contribution in [2.75, 3.05) is 13.2 Å². The van der Waals surface area contributed by atoms with Gasteiger partial charge in [-0.25, -0.2) is 9.59 Å². The number of aryl methyl sites for hydroxylation is 2. The van der Waals surface area contributed by atoms with Gasteiger partial charge in [0, 0.05) is 5.56 Å². The molecule has 1 aliphatic rings. The van der Waals surface area contributed by atoms with Crippen molar-refractivity contribution in [1.82, 2.24) is 10.6 Å². The molecular weight excluding hydrogens is 404 g/mol. The van der Waals surface area contributed by atoms with Crippen molar-refractivity contribution in [3.05, 3.63) is 39.2 Å². The van der Waals surface area contributed by atoms with E-state index in [9.17, 15) is 19.2 Å². The molecule has 0 fully saturated rings. The largest absolute Gasteiger partial charge is 0.483 e. The summed E-state index contributed by atoms with van der Waals surface area (Å²) in [6.45, 7) is 4.48. The molecule has 9 nitrogen and oxygen atoms in total. The molecule has 31 heavy (non-hydrogen) atoms. The molecule has 1 atom stereocenters. The lowest BCUT2D eigenvalue weighted by Gasteiger charge is -2.18. The second-order valence-corrected chi connectivity index (χ2v) is 8.03. The zero-order valence-corrected chi connectivity index (χ0v) is 17.7. The number of hydrogen-bond acceptors (Lipinski definition) is 6. The Morgan fingerprint density at radius 1 is 1.16 bits per heavy atom. The van der Waals surface area contributed by atoms with E-state index in [1.807, 2.05) is 6.92 Å². The van der Waals surface area contributed by atoms with Crippen molar-refractivity contribution >= 4 is 28.8 Å². The number of hydrogen-bond donors (Lipinski definition) is 3. The molecule has 1 aliphatic carbocycles. The lowest BCUT2D eigenvalue weighted by Crippen LogP contribution is -2.48. The number of carbonyl (C=O) groups is 3. The van der Waals surface area contributed by atoms with Crippen LogP contribution in [0.1, 0.15) is 37.0 Å². The van der Waals surface area contributed by atoms with E-state index in [2.05, 4.69) is 10.6 Å². The third-order valence-corrected chi connectivity index (χ3v) is 5.23. The van der Waals surface area contributed by atoms with Gasteiger partial charge in [0.2, 0.25) is 5.91 Å². The van der Waals surface area contributed by atoms with Gasteiger partial charge in [-0.2, -0.15) is 0 Å². The number of carboxylic acid groups (broad SMARTS) is 1. The molecule has 0 saturated heterocycles. The van der Waals surface area contributed by atoms with Crippen molar-refractivity contribution < 1.29 is 28.6 Å². The summed E-state index contributed by atoms with van der Waals surface area (Å²) in [5, 5.41) is 14.6. The van der Waals surface area contributed by atoms with Gasteiger partial charge in [0.1, 0.15) is 17.4 Å². The van der Waals surface area contributed by atoms with Gasteiger partial charge in [0.15, 0.2) is 6.61 Å². The van der Waals surface area contributed by atoms with Crippen molar-refractivity contribution in [2.24, 2.45) is 5.92 Å². The van der Waals surface area contributed by atoms with Crippen molar-refractivity contribution in [1.29, 1.82) is 0 Å². The van der Waals surface area contributed by atoms with Gasteiger partial charge in [0.25, 0.3) is 5.91 Å². The van der Waals surface area contributed by atoms with E-state index in [4.69, 9.17) is 14.3 Å². The van der Waals surface area contributed by atoms with Gasteiger partial charge in [-0.1, -0.05) is 13.8 Å². The summed E-state index contributed by atoms with van der Waals surface area (Å²) in [6.07, 6.45) is 2.25. The zero-order chi connectivity index (χ0) is 22.7. The summed E-state index contributed by atoms with van der Waals surface area (Å²) in [4.78, 5) is 47.5. The minimum Gasteiger partial charge on any atom is -0.483 e. The predicted octanol–water partition coefficient (Wildman–Crippen LogP) is 1.31. The van der Waals surface area contributed by atoms with Gasteiger partial charge in [-0.15, -0.1) is 0 Å². The normalized spacial score (nSPS) is 13.7. The fourth-order valence-electron chi connectivity index (χ4n) is 3.73. The van der Waals surface area contributed by atoms with E-state index < -0.39 is 23.8 Å². The summed E-state index contributed by atoms with van der Waals surface area (Å²) < 4.78 is 11.2. The van der Waals surface area contributed by atoms with E-state index in [0.29, 0.717) is 28.7 Å². The molecule has 3 rings (SSSR count). The van der Waals surface area contributed by atoms with E-state index in [1.54, 1.807) is 26.0 Å². The number of aliphatic carboxylic acids is 1. The molecule has 0 bridgehead atoms. The molecule has 0 unspecified atom stereocenters. The van der Waals surface area contributed by atoms with Crippen LogP contribution in [0.3, 0.4) is 0 Å². The molecule has 3 N–H and O–H groups in total. The highest BCUT2D eigenvalue weighted by atomic mass is 16.5. The smallest absolute Gasteiger partial charge is 0.339 e. The standard InChI is InChI=1S/C22H26N2O7/c1-11(2)20(21(27)28)24-17(25)9-23-18(26)10-30-15-7-12(3)8-16-19(15)13-5-4-6-14(13)22(29)31-16/h7-8,11,20H,4-6,9-10H2,1-3H3,(H,23,26)(H,24,25)(H,27,28)/t20-/m0/s1. The molecule has 1 aromatic carbocycles. The number of carboxylic acids is 1. The monoisotopic (exact) mass is 430 g/mol.